The van der Waals surface area contributed by atoms with Gasteiger partial charge in [-0.3, -0.25) is 0 Å². The first-order valence-corrected chi connectivity index (χ1v) is 1.69. The molecule has 36 valence electrons. The molecule has 0 N–H and O–H groups in total. The normalized spacial score (nSPS) is 5.00. The molecule has 0 aromatic carbocycles. The van der Waals surface area contributed by atoms with E-state index in [1.807, 2.05) is 0 Å². The van der Waals surface area contributed by atoms with Gasteiger partial charge < -0.3 is 6.42 Å². The van der Waals surface area contributed by atoms with Crippen molar-refractivity contribution >= 4 is 12.4 Å². The van der Waals surface area contributed by atoms with E-state index < -0.39 is 0 Å². The van der Waals surface area contributed by atoms with Crippen LogP contribution in [0.2, 0.25) is 0 Å². The Kier molecular flexibility index (Phi) is 44.2. The van der Waals surface area contributed by atoms with E-state index in [9.17, 15) is 0 Å². The molecule has 0 saturated carbocycles. The van der Waals surface area contributed by atoms with Gasteiger partial charge in [0.2, 0.25) is 0 Å². The molecule has 0 aliphatic carbocycles. The van der Waals surface area contributed by atoms with Crippen molar-refractivity contribution in [3.63, 3.8) is 0 Å². The standard InChI is InChI=1S/C4H9.ClH.Zn/c1-3-4-2;;/h3H,4H2,1-2H3;1H;/q-1;;. The van der Waals surface area contributed by atoms with Gasteiger partial charge in [-0.2, -0.15) is 13.3 Å². The summed E-state index contributed by atoms with van der Waals surface area (Å²) in [7, 11) is 0. The van der Waals surface area contributed by atoms with Crippen LogP contribution in [0.1, 0.15) is 20.3 Å². The molecular formula is C4H10ClZn-. The molecule has 0 atom stereocenters. The average molecular weight is 159 g/mol. The maximum atomic E-state index is 2.12. The molecule has 0 fully saturated rings. The maximum absolute atomic E-state index is 2.12. The molecule has 0 saturated heterocycles. The van der Waals surface area contributed by atoms with Gasteiger partial charge in [0.15, 0.2) is 0 Å². The minimum Gasteiger partial charge on any atom is -0.332 e. The summed E-state index contributed by atoms with van der Waals surface area (Å²) in [6, 6.07) is 0. The SMILES string of the molecule is C[CH-]CC.Cl.[Zn]. The molecule has 6 heavy (non-hydrogen) atoms. The first kappa shape index (κ1) is 15.8. The number of hydrogen-bond donors (Lipinski definition) is 0. The molecule has 0 aromatic rings. The van der Waals surface area contributed by atoms with Gasteiger partial charge >= 0.3 is 0 Å². The zero-order chi connectivity index (χ0) is 3.41. The van der Waals surface area contributed by atoms with Gasteiger partial charge in [0, 0.05) is 19.5 Å². The zero-order valence-electron chi connectivity index (χ0n) is 4.40. The van der Waals surface area contributed by atoms with Gasteiger partial charge in [-0.1, -0.05) is 6.92 Å². The van der Waals surface area contributed by atoms with Crippen molar-refractivity contribution in [2.45, 2.75) is 20.3 Å². The minimum atomic E-state index is 0. The van der Waals surface area contributed by atoms with E-state index in [2.05, 4.69) is 20.3 Å². The van der Waals surface area contributed by atoms with Crippen LogP contribution in [-0.4, -0.2) is 0 Å². The van der Waals surface area contributed by atoms with E-state index in [-0.39, 0.29) is 31.9 Å². The van der Waals surface area contributed by atoms with Crippen LogP contribution in [-0.2, 0) is 19.5 Å². The van der Waals surface area contributed by atoms with Crippen LogP contribution >= 0.6 is 12.4 Å². The summed E-state index contributed by atoms with van der Waals surface area (Å²) >= 11 is 0. The Hall–Kier alpha value is 0.913. The van der Waals surface area contributed by atoms with Crippen molar-refractivity contribution in [1.82, 2.24) is 0 Å². The van der Waals surface area contributed by atoms with E-state index >= 15 is 0 Å². The van der Waals surface area contributed by atoms with E-state index in [0.717, 1.165) is 0 Å². The van der Waals surface area contributed by atoms with Crippen molar-refractivity contribution in [2.24, 2.45) is 0 Å². The van der Waals surface area contributed by atoms with E-state index in [4.69, 9.17) is 0 Å². The molecule has 0 radical (unpaired) electrons. The Morgan fingerprint density at radius 1 is 1.50 bits per heavy atom. The monoisotopic (exact) mass is 157 g/mol. The second kappa shape index (κ2) is 16.8. The van der Waals surface area contributed by atoms with Gasteiger partial charge in [-0.15, -0.1) is 12.4 Å². The molecule has 2 heteroatoms. The predicted octanol–water partition coefficient (Wildman–Crippen LogP) is 2.04. The average Bonchev–Trinajstić information content (AvgIpc) is 1.37. The van der Waals surface area contributed by atoms with Crippen molar-refractivity contribution in [3.05, 3.63) is 6.42 Å². The van der Waals surface area contributed by atoms with E-state index in [1.54, 1.807) is 0 Å². The topological polar surface area (TPSA) is 0 Å². The summed E-state index contributed by atoms with van der Waals surface area (Å²) in [6.07, 6.45) is 3.32. The van der Waals surface area contributed by atoms with Crippen molar-refractivity contribution in [1.29, 1.82) is 0 Å². The Balaban J connectivity index is -0.0000000450. The minimum absolute atomic E-state index is 0. The fourth-order valence-electron chi connectivity index (χ4n) is 0. The van der Waals surface area contributed by atoms with E-state index in [1.165, 1.54) is 6.42 Å². The van der Waals surface area contributed by atoms with E-state index in [0.29, 0.717) is 0 Å². The Bertz CT molecular complexity index is 9.51. The summed E-state index contributed by atoms with van der Waals surface area (Å²) in [5.41, 5.74) is 0. The van der Waals surface area contributed by atoms with Crippen LogP contribution in [0.3, 0.4) is 0 Å². The number of unbranched alkanes of at least 4 members (excludes halogenated alkanes) is 1. The summed E-state index contributed by atoms with van der Waals surface area (Å²) in [4.78, 5) is 0. The first-order chi connectivity index (χ1) is 1.91. The molecule has 0 spiro atoms. The third-order valence-corrected chi connectivity index (χ3v) is 0.408. The smallest absolute Gasteiger partial charge is 0 e. The first-order valence-electron chi connectivity index (χ1n) is 1.69. The maximum Gasteiger partial charge on any atom is 0 e. The second-order valence-corrected chi connectivity index (χ2v) is 0.816. The summed E-state index contributed by atoms with van der Waals surface area (Å²) < 4.78 is 0. The van der Waals surface area contributed by atoms with Crippen LogP contribution in [0, 0.1) is 6.42 Å². The fraction of sp³-hybridized carbons (Fsp3) is 0.750. The van der Waals surface area contributed by atoms with Gasteiger partial charge in [0.25, 0.3) is 0 Å². The van der Waals surface area contributed by atoms with Gasteiger partial charge in [-0.25, -0.2) is 0 Å². The summed E-state index contributed by atoms with van der Waals surface area (Å²) in [5, 5.41) is 0. The largest absolute Gasteiger partial charge is 0.332 e. The molecule has 0 aliphatic rings. The Morgan fingerprint density at radius 2 is 1.67 bits per heavy atom. The van der Waals surface area contributed by atoms with Crippen LogP contribution < -0.4 is 0 Å². The van der Waals surface area contributed by atoms with Crippen molar-refractivity contribution < 1.29 is 19.5 Å². The van der Waals surface area contributed by atoms with Gasteiger partial charge in [0.05, 0.1) is 0 Å². The fourth-order valence-corrected chi connectivity index (χ4v) is 0. The molecule has 0 heterocycles. The zero-order valence-corrected chi connectivity index (χ0v) is 8.18. The quantitative estimate of drug-likeness (QED) is 0.405. The molecule has 0 amide bonds. The van der Waals surface area contributed by atoms with Crippen LogP contribution in [0.15, 0.2) is 0 Å². The molecule has 0 unspecified atom stereocenters. The van der Waals surface area contributed by atoms with Crippen LogP contribution in [0.5, 0.6) is 0 Å². The van der Waals surface area contributed by atoms with Crippen LogP contribution in [0.25, 0.3) is 0 Å². The number of halogens is 1. The third-order valence-electron chi connectivity index (χ3n) is 0.408. The number of hydrogen-bond acceptors (Lipinski definition) is 0. The molecular weight excluding hydrogens is 149 g/mol. The number of rotatable bonds is 1. The third kappa shape index (κ3) is 20.6. The predicted molar refractivity (Wildman–Crippen MR) is 27.5 cm³/mol. The Morgan fingerprint density at radius 3 is 1.67 bits per heavy atom. The molecule has 0 aromatic heterocycles. The second-order valence-electron chi connectivity index (χ2n) is 0.816. The Labute approximate surface area is 58.9 Å². The molecule has 0 aliphatic heterocycles. The van der Waals surface area contributed by atoms with Gasteiger partial charge in [-0.05, 0) is 0 Å². The molecule has 0 rings (SSSR count). The summed E-state index contributed by atoms with van der Waals surface area (Å²) in [5.74, 6) is 0. The van der Waals surface area contributed by atoms with Crippen molar-refractivity contribution in [3.8, 4) is 0 Å². The van der Waals surface area contributed by atoms with Crippen LogP contribution in [0.4, 0.5) is 0 Å². The molecule has 0 nitrogen and oxygen atoms in total. The van der Waals surface area contributed by atoms with Crippen molar-refractivity contribution in [2.75, 3.05) is 0 Å². The summed E-state index contributed by atoms with van der Waals surface area (Å²) in [6.45, 7) is 4.18. The molecule has 0 bridgehead atoms. The van der Waals surface area contributed by atoms with Gasteiger partial charge in [0.1, 0.15) is 0 Å².